The topological polar surface area (TPSA) is 24.4 Å². The summed E-state index contributed by atoms with van der Waals surface area (Å²) in [6.45, 7) is 0. The summed E-state index contributed by atoms with van der Waals surface area (Å²) in [6, 6.07) is 31.1. The number of aliphatic imine (C=N–C) groups is 1. The third kappa shape index (κ3) is 2.99. The first-order valence-electron chi connectivity index (χ1n) is 8.12. The fraction of sp³-hybridized carbons (Fsp3) is 0.0455. The van der Waals surface area contributed by atoms with E-state index in [9.17, 15) is 0 Å². The van der Waals surface area contributed by atoms with Crippen LogP contribution in [-0.2, 0) is 0 Å². The third-order valence-corrected chi connectivity index (χ3v) is 4.12. The van der Waals surface area contributed by atoms with Gasteiger partial charge in [-0.3, -0.25) is 4.99 Å². The lowest BCUT2D eigenvalue weighted by molar-refractivity contribution is 0.880. The Morgan fingerprint density at radius 1 is 0.625 bits per heavy atom. The highest BCUT2D eigenvalue weighted by Crippen LogP contribution is 2.27. The summed E-state index contributed by atoms with van der Waals surface area (Å²) in [5.74, 6) is 0.908. The van der Waals surface area contributed by atoms with E-state index in [1.807, 2.05) is 30.3 Å². The molecule has 24 heavy (non-hydrogen) atoms. The lowest BCUT2D eigenvalue weighted by Crippen LogP contribution is -2.27. The van der Waals surface area contributed by atoms with Gasteiger partial charge in [0.2, 0.25) is 0 Å². The van der Waals surface area contributed by atoms with Crippen LogP contribution >= 0.6 is 0 Å². The molecule has 2 heteroatoms. The van der Waals surface area contributed by atoms with E-state index in [1.54, 1.807) is 0 Å². The largest absolute Gasteiger partial charge is 0.340 e. The predicted octanol–water partition coefficient (Wildman–Crippen LogP) is 4.82. The zero-order valence-corrected chi connectivity index (χ0v) is 13.3. The fourth-order valence-electron chi connectivity index (χ4n) is 2.89. The Morgan fingerprint density at radius 2 is 1.17 bits per heavy atom. The number of rotatable bonds is 3. The third-order valence-electron chi connectivity index (χ3n) is 4.12. The molecule has 0 fully saturated rings. The van der Waals surface area contributed by atoms with Gasteiger partial charge >= 0.3 is 0 Å². The second-order valence-corrected chi connectivity index (χ2v) is 5.77. The summed E-state index contributed by atoms with van der Waals surface area (Å²) in [5.41, 5.74) is 4.56. The zero-order valence-electron chi connectivity index (χ0n) is 13.3. The highest BCUT2D eigenvalue weighted by Gasteiger charge is 2.18. The van der Waals surface area contributed by atoms with Gasteiger partial charge in [-0.05, 0) is 17.2 Å². The molecule has 1 aliphatic rings. The minimum Gasteiger partial charge on any atom is -0.340 e. The van der Waals surface area contributed by atoms with Crippen molar-refractivity contribution in [3.05, 3.63) is 114 Å². The second kappa shape index (κ2) is 6.55. The molecular formula is C22H18N2. The molecule has 2 nitrogen and oxygen atoms in total. The molecule has 1 atom stereocenters. The molecule has 0 bridgehead atoms. The Kier molecular flexibility index (Phi) is 3.95. The van der Waals surface area contributed by atoms with Crippen LogP contribution in [0.15, 0.2) is 102 Å². The Hall–Kier alpha value is -3.13. The minimum atomic E-state index is 0.0119. The van der Waals surface area contributed by atoms with E-state index in [1.165, 1.54) is 11.1 Å². The van der Waals surface area contributed by atoms with Gasteiger partial charge in [0.15, 0.2) is 0 Å². The number of amidine groups is 1. The normalized spacial score (nSPS) is 16.8. The van der Waals surface area contributed by atoms with Gasteiger partial charge in [0.05, 0.1) is 6.04 Å². The first-order valence-corrected chi connectivity index (χ1v) is 8.12. The molecule has 0 spiro atoms. The van der Waals surface area contributed by atoms with Crippen LogP contribution in [0.2, 0.25) is 0 Å². The van der Waals surface area contributed by atoms with Crippen molar-refractivity contribution in [3.63, 3.8) is 0 Å². The minimum absolute atomic E-state index is 0.0119. The predicted molar refractivity (Wildman–Crippen MR) is 99.7 cm³/mol. The molecular weight excluding hydrogens is 292 g/mol. The van der Waals surface area contributed by atoms with Gasteiger partial charge in [0.25, 0.3) is 0 Å². The average molecular weight is 310 g/mol. The molecule has 116 valence electrons. The number of hydrogen-bond acceptors (Lipinski definition) is 2. The molecule has 0 amide bonds. The first-order chi connectivity index (χ1) is 11.9. The van der Waals surface area contributed by atoms with Crippen molar-refractivity contribution in [1.82, 2.24) is 5.32 Å². The molecule has 0 radical (unpaired) electrons. The summed E-state index contributed by atoms with van der Waals surface area (Å²) < 4.78 is 0. The van der Waals surface area contributed by atoms with Crippen molar-refractivity contribution in [2.24, 2.45) is 4.99 Å². The van der Waals surface area contributed by atoms with E-state index in [0.717, 1.165) is 17.1 Å². The van der Waals surface area contributed by atoms with Crippen molar-refractivity contribution in [3.8, 4) is 0 Å². The standard InChI is InChI=1S/C22H18N2/c1-4-10-17(11-5-1)20-16-21(18-12-6-2-7-13-18)24-22(23-20)19-14-8-3-9-15-19/h1-16,20H,(H,23,24). The van der Waals surface area contributed by atoms with Gasteiger partial charge in [-0.15, -0.1) is 0 Å². The van der Waals surface area contributed by atoms with Gasteiger partial charge < -0.3 is 5.32 Å². The van der Waals surface area contributed by atoms with Crippen LogP contribution in [0.1, 0.15) is 22.7 Å². The van der Waals surface area contributed by atoms with Crippen LogP contribution < -0.4 is 5.32 Å². The van der Waals surface area contributed by atoms with Crippen LogP contribution in [0.25, 0.3) is 5.70 Å². The fourth-order valence-corrected chi connectivity index (χ4v) is 2.89. The number of nitrogens with zero attached hydrogens (tertiary/aromatic N) is 1. The monoisotopic (exact) mass is 310 g/mol. The molecule has 1 unspecified atom stereocenters. The number of nitrogens with one attached hydrogen (secondary N) is 1. The van der Waals surface area contributed by atoms with Crippen LogP contribution in [0.3, 0.4) is 0 Å². The van der Waals surface area contributed by atoms with Crippen molar-refractivity contribution in [1.29, 1.82) is 0 Å². The van der Waals surface area contributed by atoms with E-state index in [0.29, 0.717) is 0 Å². The summed E-state index contributed by atoms with van der Waals surface area (Å²) in [6.07, 6.45) is 2.19. The summed E-state index contributed by atoms with van der Waals surface area (Å²) >= 11 is 0. The Labute approximate surface area is 142 Å². The summed E-state index contributed by atoms with van der Waals surface area (Å²) in [7, 11) is 0. The van der Waals surface area contributed by atoms with E-state index in [-0.39, 0.29) is 6.04 Å². The maximum Gasteiger partial charge on any atom is 0.133 e. The average Bonchev–Trinajstić information content (AvgIpc) is 2.70. The molecule has 1 N–H and O–H groups in total. The first kappa shape index (κ1) is 14.5. The zero-order chi connectivity index (χ0) is 16.2. The molecule has 0 saturated heterocycles. The molecule has 0 aromatic heterocycles. The summed E-state index contributed by atoms with van der Waals surface area (Å²) in [4.78, 5) is 4.93. The van der Waals surface area contributed by atoms with Gasteiger partial charge in [-0.25, -0.2) is 0 Å². The van der Waals surface area contributed by atoms with Crippen LogP contribution in [0, 0.1) is 0 Å². The highest BCUT2D eigenvalue weighted by molar-refractivity contribution is 6.04. The van der Waals surface area contributed by atoms with Crippen molar-refractivity contribution < 1.29 is 0 Å². The van der Waals surface area contributed by atoms with Crippen molar-refractivity contribution in [2.75, 3.05) is 0 Å². The molecule has 3 aromatic rings. The van der Waals surface area contributed by atoms with Crippen molar-refractivity contribution >= 4 is 11.5 Å². The van der Waals surface area contributed by atoms with Crippen LogP contribution in [0.5, 0.6) is 0 Å². The lowest BCUT2D eigenvalue weighted by atomic mass is 10.0. The van der Waals surface area contributed by atoms with Crippen LogP contribution in [-0.4, -0.2) is 5.84 Å². The summed E-state index contributed by atoms with van der Waals surface area (Å²) in [5, 5.41) is 3.50. The van der Waals surface area contributed by atoms with Gasteiger partial charge in [0.1, 0.15) is 5.84 Å². The molecule has 0 saturated carbocycles. The van der Waals surface area contributed by atoms with E-state index in [4.69, 9.17) is 4.99 Å². The maximum atomic E-state index is 4.93. The quantitative estimate of drug-likeness (QED) is 0.737. The molecule has 1 heterocycles. The van der Waals surface area contributed by atoms with E-state index < -0.39 is 0 Å². The second-order valence-electron chi connectivity index (χ2n) is 5.77. The SMILES string of the molecule is C1=C(c2ccccc2)NC(c2ccccc2)=NC1c1ccccc1. The maximum absolute atomic E-state index is 4.93. The van der Waals surface area contributed by atoms with Crippen molar-refractivity contribution in [2.45, 2.75) is 6.04 Å². The highest BCUT2D eigenvalue weighted by atomic mass is 15.0. The van der Waals surface area contributed by atoms with Crippen LogP contribution in [0.4, 0.5) is 0 Å². The van der Waals surface area contributed by atoms with E-state index in [2.05, 4.69) is 72.1 Å². The Bertz CT molecular complexity index is 810. The van der Waals surface area contributed by atoms with Gasteiger partial charge in [-0.2, -0.15) is 0 Å². The number of benzene rings is 3. The Balaban J connectivity index is 1.78. The lowest BCUT2D eigenvalue weighted by Gasteiger charge is -2.23. The van der Waals surface area contributed by atoms with Gasteiger partial charge in [-0.1, -0.05) is 91.0 Å². The number of hydrogen-bond donors (Lipinski definition) is 1. The smallest absolute Gasteiger partial charge is 0.133 e. The molecule has 1 aliphatic heterocycles. The Morgan fingerprint density at radius 3 is 1.79 bits per heavy atom. The molecule has 0 aliphatic carbocycles. The molecule has 3 aromatic carbocycles. The van der Waals surface area contributed by atoms with E-state index >= 15 is 0 Å². The van der Waals surface area contributed by atoms with Gasteiger partial charge in [0, 0.05) is 11.3 Å². The molecule has 4 rings (SSSR count).